The maximum absolute atomic E-state index is 9.59. The van der Waals surface area contributed by atoms with Crippen molar-refractivity contribution in [1.29, 1.82) is 0 Å². The Kier molecular flexibility index (Phi) is 3.19. The standard InChI is InChI=1S/C9H13NO2/c1-7(6-11)9(12)8-3-2-4-10-5-8/h2-5,7,9,11-12H,6H2,1H3/t7-,9+/m1/s1. The first-order chi connectivity index (χ1) is 5.75. The van der Waals surface area contributed by atoms with Gasteiger partial charge >= 0.3 is 0 Å². The maximum Gasteiger partial charge on any atom is 0.0852 e. The predicted molar refractivity (Wildman–Crippen MR) is 45.4 cm³/mol. The SMILES string of the molecule is C[C@H](CO)[C@H](O)c1cccnc1. The molecule has 0 saturated heterocycles. The molecule has 2 atom stereocenters. The zero-order valence-corrected chi connectivity index (χ0v) is 7.01. The minimum absolute atomic E-state index is 0.0178. The number of hydrogen-bond acceptors (Lipinski definition) is 3. The summed E-state index contributed by atoms with van der Waals surface area (Å²) in [5, 5.41) is 18.4. The van der Waals surface area contributed by atoms with E-state index in [1.165, 1.54) is 0 Å². The molecular formula is C9H13NO2. The molecule has 1 heterocycles. The zero-order valence-electron chi connectivity index (χ0n) is 7.01. The van der Waals surface area contributed by atoms with Crippen molar-refractivity contribution in [3.63, 3.8) is 0 Å². The summed E-state index contributed by atoms with van der Waals surface area (Å²) in [6.45, 7) is 1.77. The van der Waals surface area contributed by atoms with Gasteiger partial charge in [0, 0.05) is 24.9 Å². The fourth-order valence-corrected chi connectivity index (χ4v) is 0.979. The van der Waals surface area contributed by atoms with Gasteiger partial charge in [0.2, 0.25) is 0 Å². The second-order valence-electron chi connectivity index (χ2n) is 2.89. The van der Waals surface area contributed by atoms with Crippen LogP contribution >= 0.6 is 0 Å². The molecule has 0 saturated carbocycles. The number of hydrogen-bond donors (Lipinski definition) is 2. The summed E-state index contributed by atoms with van der Waals surface area (Å²) in [5.74, 6) is -0.144. The van der Waals surface area contributed by atoms with Crippen molar-refractivity contribution >= 4 is 0 Å². The Morgan fingerprint density at radius 1 is 1.58 bits per heavy atom. The molecule has 66 valence electrons. The van der Waals surface area contributed by atoms with E-state index in [0.717, 1.165) is 5.56 Å². The zero-order chi connectivity index (χ0) is 8.97. The fourth-order valence-electron chi connectivity index (χ4n) is 0.979. The van der Waals surface area contributed by atoms with Gasteiger partial charge in [-0.2, -0.15) is 0 Å². The largest absolute Gasteiger partial charge is 0.396 e. The number of rotatable bonds is 3. The van der Waals surface area contributed by atoms with E-state index >= 15 is 0 Å². The minimum Gasteiger partial charge on any atom is -0.396 e. The number of pyridine rings is 1. The monoisotopic (exact) mass is 167 g/mol. The molecule has 3 nitrogen and oxygen atoms in total. The van der Waals surface area contributed by atoms with Crippen LogP contribution < -0.4 is 0 Å². The van der Waals surface area contributed by atoms with E-state index in [4.69, 9.17) is 5.11 Å². The number of nitrogens with zero attached hydrogens (tertiary/aromatic N) is 1. The Balaban J connectivity index is 2.71. The molecule has 0 aliphatic heterocycles. The summed E-state index contributed by atoms with van der Waals surface area (Å²) in [6, 6.07) is 3.56. The highest BCUT2D eigenvalue weighted by molar-refractivity contribution is 5.12. The summed E-state index contributed by atoms with van der Waals surface area (Å²) >= 11 is 0. The number of aliphatic hydroxyl groups is 2. The van der Waals surface area contributed by atoms with E-state index in [0.29, 0.717) is 0 Å². The van der Waals surface area contributed by atoms with Gasteiger partial charge in [-0.25, -0.2) is 0 Å². The van der Waals surface area contributed by atoms with Gasteiger partial charge in [0.1, 0.15) is 0 Å². The molecule has 2 N–H and O–H groups in total. The summed E-state index contributed by atoms with van der Waals surface area (Å²) in [5.41, 5.74) is 0.749. The van der Waals surface area contributed by atoms with Crippen LogP contribution in [0.1, 0.15) is 18.6 Å². The van der Waals surface area contributed by atoms with E-state index in [2.05, 4.69) is 4.98 Å². The summed E-state index contributed by atoms with van der Waals surface area (Å²) in [7, 11) is 0. The topological polar surface area (TPSA) is 53.4 Å². The first kappa shape index (κ1) is 9.16. The molecule has 0 bridgehead atoms. The van der Waals surface area contributed by atoms with Crippen molar-refractivity contribution in [3.8, 4) is 0 Å². The van der Waals surface area contributed by atoms with Crippen LogP contribution in [0.3, 0.4) is 0 Å². The Labute approximate surface area is 71.7 Å². The van der Waals surface area contributed by atoms with E-state index in [1.54, 1.807) is 31.5 Å². The van der Waals surface area contributed by atoms with E-state index in [1.807, 2.05) is 0 Å². The molecule has 0 aliphatic carbocycles. The first-order valence-corrected chi connectivity index (χ1v) is 3.94. The quantitative estimate of drug-likeness (QED) is 0.698. The second-order valence-corrected chi connectivity index (χ2v) is 2.89. The lowest BCUT2D eigenvalue weighted by atomic mass is 10.00. The molecule has 0 aliphatic rings. The van der Waals surface area contributed by atoms with Crippen LogP contribution in [-0.2, 0) is 0 Å². The van der Waals surface area contributed by atoms with Gasteiger partial charge in [0.25, 0.3) is 0 Å². The van der Waals surface area contributed by atoms with Crippen molar-refractivity contribution in [2.45, 2.75) is 13.0 Å². The minimum atomic E-state index is -0.622. The molecule has 0 unspecified atom stereocenters. The number of aliphatic hydroxyl groups excluding tert-OH is 2. The van der Waals surface area contributed by atoms with E-state index < -0.39 is 6.10 Å². The Hall–Kier alpha value is -0.930. The summed E-state index contributed by atoms with van der Waals surface area (Å²) in [4.78, 5) is 3.88. The van der Waals surface area contributed by atoms with Gasteiger partial charge in [0.15, 0.2) is 0 Å². The van der Waals surface area contributed by atoms with Crippen LogP contribution in [0, 0.1) is 5.92 Å². The van der Waals surface area contributed by atoms with Crippen molar-refractivity contribution in [2.24, 2.45) is 5.92 Å². The lowest BCUT2D eigenvalue weighted by molar-refractivity contribution is 0.0768. The van der Waals surface area contributed by atoms with Crippen molar-refractivity contribution in [1.82, 2.24) is 4.98 Å². The molecule has 0 aromatic carbocycles. The molecule has 0 fully saturated rings. The summed E-state index contributed by atoms with van der Waals surface area (Å²) in [6.07, 6.45) is 2.64. The third-order valence-corrected chi connectivity index (χ3v) is 1.85. The molecule has 0 spiro atoms. The first-order valence-electron chi connectivity index (χ1n) is 3.94. The smallest absolute Gasteiger partial charge is 0.0852 e. The average molecular weight is 167 g/mol. The Bertz CT molecular complexity index is 225. The molecular weight excluding hydrogens is 154 g/mol. The van der Waals surface area contributed by atoms with Gasteiger partial charge in [-0.3, -0.25) is 4.98 Å². The second kappa shape index (κ2) is 4.18. The molecule has 3 heteroatoms. The van der Waals surface area contributed by atoms with Gasteiger partial charge < -0.3 is 10.2 Å². The van der Waals surface area contributed by atoms with Crippen molar-refractivity contribution < 1.29 is 10.2 Å². The lowest BCUT2D eigenvalue weighted by Crippen LogP contribution is -2.12. The van der Waals surface area contributed by atoms with Gasteiger partial charge in [0.05, 0.1) is 6.10 Å². The maximum atomic E-state index is 9.59. The van der Waals surface area contributed by atoms with Crippen LogP contribution in [0.15, 0.2) is 24.5 Å². The van der Waals surface area contributed by atoms with E-state index in [-0.39, 0.29) is 12.5 Å². The molecule has 1 aromatic heterocycles. The fraction of sp³-hybridized carbons (Fsp3) is 0.444. The van der Waals surface area contributed by atoms with Crippen LogP contribution in [-0.4, -0.2) is 21.8 Å². The highest BCUT2D eigenvalue weighted by Crippen LogP contribution is 2.19. The summed E-state index contributed by atoms with van der Waals surface area (Å²) < 4.78 is 0. The van der Waals surface area contributed by atoms with Crippen LogP contribution in [0.25, 0.3) is 0 Å². The molecule has 12 heavy (non-hydrogen) atoms. The molecule has 1 rings (SSSR count). The molecule has 0 amide bonds. The lowest BCUT2D eigenvalue weighted by Gasteiger charge is -2.15. The third kappa shape index (κ3) is 2.03. The third-order valence-electron chi connectivity index (χ3n) is 1.85. The molecule has 1 aromatic rings. The van der Waals surface area contributed by atoms with Crippen molar-refractivity contribution in [3.05, 3.63) is 30.1 Å². The van der Waals surface area contributed by atoms with Crippen molar-refractivity contribution in [2.75, 3.05) is 6.61 Å². The molecule has 0 radical (unpaired) electrons. The van der Waals surface area contributed by atoms with Gasteiger partial charge in [-0.1, -0.05) is 13.0 Å². The van der Waals surface area contributed by atoms with E-state index in [9.17, 15) is 5.11 Å². The normalized spacial score (nSPS) is 15.6. The Morgan fingerprint density at radius 3 is 2.83 bits per heavy atom. The predicted octanol–water partition coefficient (Wildman–Crippen LogP) is 0.743. The van der Waals surface area contributed by atoms with Gasteiger partial charge in [-0.05, 0) is 11.6 Å². The van der Waals surface area contributed by atoms with Crippen LogP contribution in [0.4, 0.5) is 0 Å². The number of aromatic nitrogens is 1. The average Bonchev–Trinajstić information content (AvgIpc) is 2.17. The van der Waals surface area contributed by atoms with Gasteiger partial charge in [-0.15, -0.1) is 0 Å². The van der Waals surface area contributed by atoms with Crippen LogP contribution in [0.5, 0.6) is 0 Å². The Morgan fingerprint density at radius 2 is 2.33 bits per heavy atom. The van der Waals surface area contributed by atoms with Crippen LogP contribution in [0.2, 0.25) is 0 Å². The highest BCUT2D eigenvalue weighted by Gasteiger charge is 2.14. The highest BCUT2D eigenvalue weighted by atomic mass is 16.3.